The Morgan fingerprint density at radius 3 is 2.66 bits per heavy atom. The molecule has 1 saturated heterocycles. The molecule has 0 radical (unpaired) electrons. The normalized spacial score (nSPS) is 14.1. The molecule has 0 unspecified atom stereocenters. The Hall–Kier alpha value is -4.20. The standard InChI is InChI=1S/C29H28N5O/c1-20-7-10-27-26(15-20)31-19-34(27)14-11-23-17-24(9-8-21(23)2)29(35)32-25-16-22(3)28(30-18-25)33-12-5-4-6-13-33/h7-10,15-19H,4-6,12-13H2,1-3H3/q+1/p+1. The molecule has 6 nitrogen and oxygen atoms in total. The van der Waals surface area contributed by atoms with E-state index in [1.54, 1.807) is 12.5 Å². The maximum atomic E-state index is 13.0. The zero-order valence-electron chi connectivity index (χ0n) is 20.4. The van der Waals surface area contributed by atoms with Gasteiger partial charge in [0, 0.05) is 42.3 Å². The van der Waals surface area contributed by atoms with E-state index in [0.717, 1.165) is 51.9 Å². The summed E-state index contributed by atoms with van der Waals surface area (Å²) in [7, 11) is 0. The second-order valence-corrected chi connectivity index (χ2v) is 9.24. The van der Waals surface area contributed by atoms with E-state index >= 15 is 0 Å². The summed E-state index contributed by atoms with van der Waals surface area (Å²) < 4.78 is 6.26. The third-order valence-electron chi connectivity index (χ3n) is 6.48. The minimum absolute atomic E-state index is 0.177. The van der Waals surface area contributed by atoms with E-state index in [-0.39, 0.29) is 5.91 Å². The quantitative estimate of drug-likeness (QED) is 0.369. The molecule has 3 heterocycles. The molecule has 0 spiro atoms. The zero-order chi connectivity index (χ0) is 24.4. The van der Waals surface area contributed by atoms with E-state index in [4.69, 9.17) is 0 Å². The minimum atomic E-state index is -0.177. The third-order valence-corrected chi connectivity index (χ3v) is 6.48. The fraction of sp³-hybridized carbons (Fsp3) is 0.276. The topological polar surface area (TPSA) is 62.3 Å². The number of carbonyl (C=O) groups is 1. The van der Waals surface area contributed by atoms with Gasteiger partial charge in [0.05, 0.1) is 11.9 Å². The van der Waals surface area contributed by atoms with Crippen LogP contribution in [0, 0.1) is 32.7 Å². The highest BCUT2D eigenvalue weighted by Gasteiger charge is 2.19. The molecular formula is C29H29N5O+2. The van der Waals surface area contributed by atoms with Crippen LogP contribution in [-0.2, 0) is 0 Å². The van der Waals surface area contributed by atoms with Crippen molar-refractivity contribution in [3.63, 3.8) is 0 Å². The van der Waals surface area contributed by atoms with Gasteiger partial charge in [0.2, 0.25) is 6.04 Å². The molecule has 2 aliphatic heterocycles. The Kier molecular flexibility index (Phi) is 6.18. The van der Waals surface area contributed by atoms with Gasteiger partial charge in [-0.3, -0.25) is 4.79 Å². The van der Waals surface area contributed by atoms with Crippen LogP contribution < -0.4 is 30.2 Å². The van der Waals surface area contributed by atoms with Crippen molar-refractivity contribution in [3.05, 3.63) is 87.2 Å². The number of amides is 1. The Morgan fingerprint density at radius 2 is 1.86 bits per heavy atom. The predicted octanol–water partition coefficient (Wildman–Crippen LogP) is 2.48. The first-order valence-electron chi connectivity index (χ1n) is 12.1. The third kappa shape index (κ3) is 4.87. The molecule has 6 heteroatoms. The van der Waals surface area contributed by atoms with Crippen LogP contribution in [0.2, 0.25) is 0 Å². The summed E-state index contributed by atoms with van der Waals surface area (Å²) in [6.07, 6.45) is 7.16. The van der Waals surface area contributed by atoms with Crippen LogP contribution >= 0.6 is 0 Å². The number of hydrogen-bond acceptors (Lipinski definition) is 3. The number of piperidine rings is 1. The smallest absolute Gasteiger partial charge is 0.356 e. The van der Waals surface area contributed by atoms with Gasteiger partial charge in [0.25, 0.3) is 5.91 Å². The van der Waals surface area contributed by atoms with Gasteiger partial charge in [-0.05, 0) is 84.2 Å². The summed E-state index contributed by atoms with van der Waals surface area (Å²) in [5, 5.41) is 4.87. The highest BCUT2D eigenvalue weighted by Crippen LogP contribution is 2.24. The molecule has 1 N–H and O–H groups in total. The Bertz CT molecular complexity index is 1550. The van der Waals surface area contributed by atoms with Gasteiger partial charge in [0.1, 0.15) is 5.82 Å². The number of aryl methyl sites for hydroxylation is 3. The first-order chi connectivity index (χ1) is 17.0. The Labute approximate surface area is 205 Å². The number of benzene rings is 2. The Morgan fingerprint density at radius 1 is 1.03 bits per heavy atom. The number of nitrogens with zero attached hydrogens (tertiary/aromatic N) is 4. The van der Waals surface area contributed by atoms with Crippen molar-refractivity contribution in [1.29, 1.82) is 0 Å². The second kappa shape index (κ2) is 9.58. The van der Waals surface area contributed by atoms with Gasteiger partial charge in [-0.25, -0.2) is 4.98 Å². The first kappa shape index (κ1) is 22.6. The summed E-state index contributed by atoms with van der Waals surface area (Å²) in [6.45, 7) is 8.17. The number of fused-ring (bicyclic) bond motifs is 1. The number of nitrogens with one attached hydrogen (secondary N) is 1. The van der Waals surface area contributed by atoms with Crippen molar-refractivity contribution < 1.29 is 4.79 Å². The number of aromatic nitrogens is 1. The van der Waals surface area contributed by atoms with Crippen LogP contribution in [0.5, 0.6) is 0 Å². The lowest BCUT2D eigenvalue weighted by Gasteiger charge is -2.29. The van der Waals surface area contributed by atoms with E-state index in [2.05, 4.69) is 31.8 Å². The van der Waals surface area contributed by atoms with Crippen molar-refractivity contribution >= 4 is 23.8 Å². The van der Waals surface area contributed by atoms with Crippen molar-refractivity contribution in [2.45, 2.75) is 40.0 Å². The van der Waals surface area contributed by atoms with Gasteiger partial charge < -0.3 is 10.2 Å². The molecule has 5 rings (SSSR count). The molecule has 0 saturated carbocycles. The maximum absolute atomic E-state index is 13.0. The fourth-order valence-electron chi connectivity index (χ4n) is 4.51. The molecule has 1 amide bonds. The van der Waals surface area contributed by atoms with E-state index in [9.17, 15) is 4.79 Å². The SMILES string of the molecule is Cc1ccc2c(c1)=[N+]=C[N+]=2C#Cc1cc(C(=O)Nc2cnc(N3CCCCC3)c(C)c2)ccc1C. The monoisotopic (exact) mass is 463 g/mol. The van der Waals surface area contributed by atoms with E-state index in [1.165, 1.54) is 19.3 Å². The minimum Gasteiger partial charge on any atom is -0.356 e. The van der Waals surface area contributed by atoms with E-state index in [0.29, 0.717) is 11.3 Å². The van der Waals surface area contributed by atoms with Crippen LogP contribution in [0.3, 0.4) is 0 Å². The van der Waals surface area contributed by atoms with Gasteiger partial charge in [-0.1, -0.05) is 12.1 Å². The first-order valence-corrected chi connectivity index (χ1v) is 12.1. The Balaban J connectivity index is 1.35. The van der Waals surface area contributed by atoms with Crippen molar-refractivity contribution in [2.75, 3.05) is 23.3 Å². The number of pyridine rings is 1. The lowest BCUT2D eigenvalue weighted by molar-refractivity contribution is 0.102. The summed E-state index contributed by atoms with van der Waals surface area (Å²) in [4.78, 5) is 20.0. The van der Waals surface area contributed by atoms with E-state index < -0.39 is 0 Å². The van der Waals surface area contributed by atoms with Gasteiger partial charge >= 0.3 is 17.1 Å². The fourth-order valence-corrected chi connectivity index (χ4v) is 4.51. The number of hydrogen-bond donors (Lipinski definition) is 1. The lowest BCUT2D eigenvalue weighted by atomic mass is 10.0. The second-order valence-electron chi connectivity index (χ2n) is 9.24. The van der Waals surface area contributed by atoms with Crippen molar-refractivity contribution in [2.24, 2.45) is 0 Å². The zero-order valence-corrected chi connectivity index (χ0v) is 20.4. The van der Waals surface area contributed by atoms with Gasteiger partial charge in [0.15, 0.2) is 0 Å². The molecule has 0 atom stereocenters. The van der Waals surface area contributed by atoms with Crippen LogP contribution in [0.15, 0.2) is 48.7 Å². The lowest BCUT2D eigenvalue weighted by Crippen LogP contribution is -2.32. The maximum Gasteiger partial charge on any atom is 0.537 e. The summed E-state index contributed by atoms with van der Waals surface area (Å²) in [6, 6.07) is 16.9. The average molecular weight is 464 g/mol. The van der Waals surface area contributed by atoms with Crippen molar-refractivity contribution in [3.8, 4) is 12.0 Å². The summed E-state index contributed by atoms with van der Waals surface area (Å²) >= 11 is 0. The highest BCUT2D eigenvalue weighted by atomic mass is 16.1. The molecule has 0 bridgehead atoms. The molecular weight excluding hydrogens is 434 g/mol. The van der Waals surface area contributed by atoms with E-state index in [1.807, 2.05) is 67.8 Å². The summed E-state index contributed by atoms with van der Waals surface area (Å²) in [5.41, 5.74) is 5.31. The number of rotatable bonds is 3. The summed E-state index contributed by atoms with van der Waals surface area (Å²) in [5.74, 6) is 4.04. The van der Waals surface area contributed by atoms with Crippen LogP contribution in [0.1, 0.15) is 51.9 Å². The largest absolute Gasteiger partial charge is 0.537 e. The molecule has 2 aromatic carbocycles. The van der Waals surface area contributed by atoms with Crippen LogP contribution in [0.25, 0.3) is 0 Å². The molecule has 1 fully saturated rings. The average Bonchev–Trinajstić information content (AvgIpc) is 3.26. The molecule has 174 valence electrons. The molecule has 1 aromatic heterocycles. The van der Waals surface area contributed by atoms with Gasteiger partial charge in [-0.15, -0.1) is 0 Å². The molecule has 0 aliphatic carbocycles. The number of carbonyl (C=O) groups excluding carboxylic acids is 1. The van der Waals surface area contributed by atoms with Gasteiger partial charge in [-0.2, -0.15) is 0 Å². The molecule has 2 aliphatic rings. The van der Waals surface area contributed by atoms with Crippen LogP contribution in [-0.4, -0.2) is 30.3 Å². The highest BCUT2D eigenvalue weighted by molar-refractivity contribution is 6.04. The predicted molar refractivity (Wildman–Crippen MR) is 140 cm³/mol. The molecule has 3 aromatic rings. The number of anilines is 2. The molecule has 35 heavy (non-hydrogen) atoms. The van der Waals surface area contributed by atoms with Crippen LogP contribution in [0.4, 0.5) is 11.5 Å². The van der Waals surface area contributed by atoms with Crippen molar-refractivity contribution in [1.82, 2.24) is 14.2 Å².